The molecule has 0 aromatic heterocycles. The number of carboxylic acid groups (broad SMARTS) is 1. The molecular weight excluding hydrogens is 247 g/mol. The molecule has 0 heterocycles. The maximum atomic E-state index is 13.5. The fraction of sp³-hybridized carbons (Fsp3) is 0.429. The minimum absolute atomic E-state index is 0.0952. The van der Waals surface area contributed by atoms with Gasteiger partial charge in [0.15, 0.2) is 0 Å². The summed E-state index contributed by atoms with van der Waals surface area (Å²) < 4.78 is 13.5. The predicted molar refractivity (Wildman–Crippen MR) is 70.2 cm³/mol. The van der Waals surface area contributed by atoms with Gasteiger partial charge < -0.3 is 10.4 Å². The van der Waals surface area contributed by atoms with E-state index < -0.39 is 17.8 Å². The van der Waals surface area contributed by atoms with Gasteiger partial charge in [0.2, 0.25) is 0 Å². The monoisotopic (exact) mass is 264 g/mol. The van der Waals surface area contributed by atoms with Crippen LogP contribution in [0.2, 0.25) is 0 Å². The van der Waals surface area contributed by atoms with Crippen LogP contribution in [0.15, 0.2) is 18.2 Å². The maximum Gasteiger partial charge on any atom is 0.305 e. The molecule has 0 saturated carbocycles. The molecule has 4 nitrogen and oxygen atoms in total. The van der Waals surface area contributed by atoms with Gasteiger partial charge in [-0.2, -0.15) is 5.26 Å². The number of carboxylic acids is 1. The van der Waals surface area contributed by atoms with Gasteiger partial charge in [-0.15, -0.1) is 0 Å². The molecule has 0 aliphatic carbocycles. The Labute approximate surface area is 111 Å². The first-order chi connectivity index (χ1) is 8.75. The van der Waals surface area contributed by atoms with Crippen molar-refractivity contribution in [3.8, 4) is 6.07 Å². The lowest BCUT2D eigenvalue weighted by atomic mass is 9.84. The standard InChI is InChI=1S/C14H17FN2O2/c1-14(2,3)12(7-13(18)19)17-11-6-4-5-10(15)9(11)8-16/h4-6,12,17H,7H2,1-3H3,(H,18,19). The van der Waals surface area contributed by atoms with Crippen LogP contribution in [0.5, 0.6) is 0 Å². The lowest BCUT2D eigenvalue weighted by Crippen LogP contribution is -2.36. The van der Waals surface area contributed by atoms with Crippen molar-refractivity contribution in [1.82, 2.24) is 0 Å². The van der Waals surface area contributed by atoms with Crippen LogP contribution >= 0.6 is 0 Å². The van der Waals surface area contributed by atoms with E-state index >= 15 is 0 Å². The highest BCUT2D eigenvalue weighted by atomic mass is 19.1. The summed E-state index contributed by atoms with van der Waals surface area (Å²) >= 11 is 0. The smallest absolute Gasteiger partial charge is 0.305 e. The largest absolute Gasteiger partial charge is 0.481 e. The van der Waals surface area contributed by atoms with Crippen molar-refractivity contribution in [3.05, 3.63) is 29.6 Å². The first-order valence-electron chi connectivity index (χ1n) is 5.92. The van der Waals surface area contributed by atoms with Crippen molar-refractivity contribution in [1.29, 1.82) is 5.26 Å². The van der Waals surface area contributed by atoms with Crippen molar-refractivity contribution in [3.63, 3.8) is 0 Å². The van der Waals surface area contributed by atoms with E-state index in [0.717, 1.165) is 0 Å². The normalized spacial score (nSPS) is 12.6. The van der Waals surface area contributed by atoms with Crippen LogP contribution in [0.25, 0.3) is 0 Å². The molecule has 1 rings (SSSR count). The number of nitrogens with zero attached hydrogens (tertiary/aromatic N) is 1. The highest BCUT2D eigenvalue weighted by Gasteiger charge is 2.27. The van der Waals surface area contributed by atoms with E-state index in [4.69, 9.17) is 10.4 Å². The Morgan fingerprint density at radius 2 is 2.16 bits per heavy atom. The molecular formula is C14H17FN2O2. The molecule has 1 atom stereocenters. The van der Waals surface area contributed by atoms with Gasteiger partial charge in [0.1, 0.15) is 17.4 Å². The second kappa shape index (κ2) is 5.70. The minimum Gasteiger partial charge on any atom is -0.481 e. The van der Waals surface area contributed by atoms with Gasteiger partial charge in [-0.3, -0.25) is 4.79 Å². The van der Waals surface area contributed by atoms with Crippen molar-refractivity contribution in [2.24, 2.45) is 5.41 Å². The Balaban J connectivity index is 3.07. The lowest BCUT2D eigenvalue weighted by molar-refractivity contribution is -0.137. The Morgan fingerprint density at radius 3 is 2.63 bits per heavy atom. The SMILES string of the molecule is CC(C)(C)C(CC(=O)O)Nc1cccc(F)c1C#N. The topological polar surface area (TPSA) is 73.1 Å². The van der Waals surface area contributed by atoms with Crippen LogP contribution in [-0.2, 0) is 4.79 Å². The highest BCUT2D eigenvalue weighted by Crippen LogP contribution is 2.27. The molecule has 0 fully saturated rings. The van der Waals surface area contributed by atoms with E-state index in [1.807, 2.05) is 20.8 Å². The van der Waals surface area contributed by atoms with Gasteiger partial charge in [0.25, 0.3) is 0 Å². The number of benzene rings is 1. The highest BCUT2D eigenvalue weighted by molar-refractivity contribution is 5.69. The fourth-order valence-electron chi connectivity index (χ4n) is 1.69. The second-order valence-corrected chi connectivity index (χ2v) is 5.44. The Kier molecular flexibility index (Phi) is 4.49. The molecule has 0 spiro atoms. The van der Waals surface area contributed by atoms with Crippen LogP contribution in [0.3, 0.4) is 0 Å². The first kappa shape index (κ1) is 15.0. The first-order valence-corrected chi connectivity index (χ1v) is 5.92. The van der Waals surface area contributed by atoms with E-state index in [0.29, 0.717) is 5.69 Å². The molecule has 0 saturated heterocycles. The summed E-state index contributed by atoms with van der Waals surface area (Å²) in [5.41, 5.74) is -0.108. The molecule has 0 aliphatic rings. The molecule has 0 bridgehead atoms. The predicted octanol–water partition coefficient (Wildman–Crippen LogP) is 3.00. The second-order valence-electron chi connectivity index (χ2n) is 5.44. The van der Waals surface area contributed by atoms with E-state index in [-0.39, 0.29) is 17.4 Å². The van der Waals surface area contributed by atoms with Crippen molar-refractivity contribution in [2.45, 2.75) is 33.2 Å². The van der Waals surface area contributed by atoms with Crippen LogP contribution in [0.1, 0.15) is 32.8 Å². The summed E-state index contributed by atoms with van der Waals surface area (Å²) in [6.45, 7) is 5.66. The summed E-state index contributed by atoms with van der Waals surface area (Å²) in [5.74, 6) is -1.56. The number of carbonyl (C=O) groups is 1. The number of aliphatic carboxylic acids is 1. The number of anilines is 1. The zero-order valence-electron chi connectivity index (χ0n) is 11.2. The Bertz CT molecular complexity index is 515. The zero-order chi connectivity index (χ0) is 14.6. The van der Waals surface area contributed by atoms with Crippen LogP contribution in [0.4, 0.5) is 10.1 Å². The quantitative estimate of drug-likeness (QED) is 0.876. The number of hydrogen-bond donors (Lipinski definition) is 2. The number of hydrogen-bond acceptors (Lipinski definition) is 3. The lowest BCUT2D eigenvalue weighted by Gasteiger charge is -2.31. The number of nitriles is 1. The molecule has 1 unspecified atom stereocenters. The van der Waals surface area contributed by atoms with Crippen LogP contribution in [0, 0.1) is 22.6 Å². The van der Waals surface area contributed by atoms with Gasteiger partial charge >= 0.3 is 5.97 Å². The van der Waals surface area contributed by atoms with Crippen molar-refractivity contribution < 1.29 is 14.3 Å². The van der Waals surface area contributed by atoms with Crippen molar-refractivity contribution >= 4 is 11.7 Å². The van der Waals surface area contributed by atoms with E-state index in [2.05, 4.69) is 5.32 Å². The molecule has 0 amide bonds. The third-order valence-electron chi connectivity index (χ3n) is 2.88. The summed E-state index contributed by atoms with van der Waals surface area (Å²) in [4.78, 5) is 10.9. The van der Waals surface area contributed by atoms with E-state index in [9.17, 15) is 9.18 Å². The summed E-state index contributed by atoms with van der Waals surface area (Å²) in [6.07, 6.45) is -0.106. The number of nitrogens with one attached hydrogen (secondary N) is 1. The Hall–Kier alpha value is -2.09. The zero-order valence-corrected chi connectivity index (χ0v) is 11.2. The third-order valence-corrected chi connectivity index (χ3v) is 2.88. The van der Waals surface area contributed by atoms with E-state index in [1.54, 1.807) is 12.1 Å². The van der Waals surface area contributed by atoms with Crippen LogP contribution < -0.4 is 5.32 Å². The van der Waals surface area contributed by atoms with E-state index in [1.165, 1.54) is 12.1 Å². The molecule has 0 radical (unpaired) electrons. The van der Waals surface area contributed by atoms with Crippen LogP contribution in [-0.4, -0.2) is 17.1 Å². The summed E-state index contributed by atoms with van der Waals surface area (Å²) in [5, 5.41) is 20.8. The summed E-state index contributed by atoms with van der Waals surface area (Å²) in [6, 6.07) is 5.64. The Morgan fingerprint density at radius 1 is 1.53 bits per heavy atom. The molecule has 19 heavy (non-hydrogen) atoms. The van der Waals surface area contributed by atoms with Gasteiger partial charge in [-0.05, 0) is 17.5 Å². The number of halogens is 1. The molecule has 1 aromatic rings. The molecule has 102 valence electrons. The molecule has 2 N–H and O–H groups in total. The molecule has 0 aliphatic heterocycles. The molecule has 5 heteroatoms. The minimum atomic E-state index is -0.942. The third kappa shape index (κ3) is 3.95. The fourth-order valence-corrected chi connectivity index (χ4v) is 1.69. The maximum absolute atomic E-state index is 13.5. The van der Waals surface area contributed by atoms with Gasteiger partial charge in [-0.25, -0.2) is 4.39 Å². The average molecular weight is 264 g/mol. The summed E-state index contributed by atoms with van der Waals surface area (Å²) in [7, 11) is 0. The average Bonchev–Trinajstić information content (AvgIpc) is 2.26. The van der Waals surface area contributed by atoms with Gasteiger partial charge in [0, 0.05) is 6.04 Å². The molecule has 1 aromatic carbocycles. The van der Waals surface area contributed by atoms with Gasteiger partial charge in [-0.1, -0.05) is 26.8 Å². The van der Waals surface area contributed by atoms with Gasteiger partial charge in [0.05, 0.1) is 12.1 Å². The van der Waals surface area contributed by atoms with Crippen molar-refractivity contribution in [2.75, 3.05) is 5.32 Å². The number of rotatable bonds is 4.